The van der Waals surface area contributed by atoms with Gasteiger partial charge in [-0.3, -0.25) is 0 Å². The van der Waals surface area contributed by atoms with E-state index in [0.717, 1.165) is 18.9 Å². The predicted octanol–water partition coefficient (Wildman–Crippen LogP) is 1.26. The Morgan fingerprint density at radius 2 is 2.13 bits per heavy atom. The van der Waals surface area contributed by atoms with Crippen molar-refractivity contribution in [3.63, 3.8) is 0 Å². The molecule has 0 spiro atoms. The number of likely N-dealkylation sites (tertiary alicyclic amines) is 1. The van der Waals surface area contributed by atoms with Crippen molar-refractivity contribution in [1.29, 1.82) is 0 Å². The summed E-state index contributed by atoms with van der Waals surface area (Å²) in [5.74, 6) is 0.799. The Morgan fingerprint density at radius 3 is 2.80 bits per heavy atom. The number of nitrogens with zero attached hydrogens (tertiary/aromatic N) is 1. The fourth-order valence-corrected chi connectivity index (χ4v) is 2.73. The molecule has 2 atom stereocenters. The summed E-state index contributed by atoms with van der Waals surface area (Å²) in [6.07, 6.45) is 2.42. The number of piperidine rings is 1. The van der Waals surface area contributed by atoms with Crippen LogP contribution in [0.25, 0.3) is 0 Å². The molecular formula is C13H18N2. The second kappa shape index (κ2) is 3.32. The second-order valence-corrected chi connectivity index (χ2v) is 5.10. The quantitative estimate of drug-likeness (QED) is 0.799. The zero-order valence-electron chi connectivity index (χ0n) is 9.02. The van der Waals surface area contributed by atoms with E-state index in [-0.39, 0.29) is 5.54 Å². The van der Waals surface area contributed by atoms with Crippen LogP contribution >= 0.6 is 0 Å². The normalized spacial score (nSPS) is 34.1. The van der Waals surface area contributed by atoms with Gasteiger partial charge in [-0.15, -0.1) is 0 Å². The van der Waals surface area contributed by atoms with E-state index in [0.29, 0.717) is 0 Å². The first kappa shape index (κ1) is 9.37. The van der Waals surface area contributed by atoms with Gasteiger partial charge in [0.05, 0.1) is 0 Å². The Hall–Kier alpha value is -0.860. The maximum Gasteiger partial charge on any atom is 0.0328 e. The molecule has 2 aliphatic rings. The summed E-state index contributed by atoms with van der Waals surface area (Å²) in [5.41, 5.74) is 7.81. The largest absolute Gasteiger partial charge is 0.324 e. The summed E-state index contributed by atoms with van der Waals surface area (Å²) >= 11 is 0. The van der Waals surface area contributed by atoms with Crippen LogP contribution in [-0.2, 0) is 6.42 Å². The molecule has 2 nitrogen and oxygen atoms in total. The third-order valence-corrected chi connectivity index (χ3v) is 3.84. The van der Waals surface area contributed by atoms with Crippen molar-refractivity contribution in [2.75, 3.05) is 19.6 Å². The number of nitrogens with two attached hydrogens (primary N) is 1. The minimum atomic E-state index is 0.205. The molecule has 0 aromatic heterocycles. The predicted molar refractivity (Wildman–Crippen MR) is 61.6 cm³/mol. The highest BCUT2D eigenvalue weighted by Crippen LogP contribution is 2.46. The van der Waals surface area contributed by atoms with Crippen LogP contribution in [0, 0.1) is 5.92 Å². The lowest BCUT2D eigenvalue weighted by Gasteiger charge is -2.18. The van der Waals surface area contributed by atoms with E-state index in [2.05, 4.69) is 35.2 Å². The second-order valence-electron chi connectivity index (χ2n) is 5.10. The van der Waals surface area contributed by atoms with Crippen LogP contribution < -0.4 is 5.73 Å². The molecular weight excluding hydrogens is 184 g/mol. The third-order valence-electron chi connectivity index (χ3n) is 3.84. The van der Waals surface area contributed by atoms with Gasteiger partial charge in [0.15, 0.2) is 0 Å². The number of benzene rings is 1. The van der Waals surface area contributed by atoms with Crippen molar-refractivity contribution in [1.82, 2.24) is 4.90 Å². The molecule has 2 fully saturated rings. The average Bonchev–Trinajstić information content (AvgIpc) is 2.76. The monoisotopic (exact) mass is 202 g/mol. The average molecular weight is 202 g/mol. The molecule has 0 unspecified atom stereocenters. The first-order chi connectivity index (χ1) is 7.26. The minimum absolute atomic E-state index is 0.205. The zero-order valence-corrected chi connectivity index (χ0v) is 9.02. The Morgan fingerprint density at radius 1 is 1.33 bits per heavy atom. The van der Waals surface area contributed by atoms with E-state index in [9.17, 15) is 0 Å². The highest BCUT2D eigenvalue weighted by atomic mass is 15.2. The first-order valence-corrected chi connectivity index (χ1v) is 5.81. The van der Waals surface area contributed by atoms with Crippen molar-refractivity contribution in [3.8, 4) is 0 Å². The topological polar surface area (TPSA) is 29.3 Å². The molecule has 1 saturated carbocycles. The van der Waals surface area contributed by atoms with Gasteiger partial charge < -0.3 is 10.6 Å². The molecule has 1 aliphatic carbocycles. The van der Waals surface area contributed by atoms with Gasteiger partial charge in [0, 0.05) is 25.2 Å². The number of hydrogen-bond acceptors (Lipinski definition) is 2. The molecule has 3 rings (SSSR count). The van der Waals surface area contributed by atoms with Crippen LogP contribution in [-0.4, -0.2) is 30.1 Å². The van der Waals surface area contributed by atoms with Crippen LogP contribution in [0.2, 0.25) is 0 Å². The minimum Gasteiger partial charge on any atom is -0.324 e. The maximum atomic E-state index is 6.17. The van der Waals surface area contributed by atoms with Crippen molar-refractivity contribution >= 4 is 0 Å². The van der Waals surface area contributed by atoms with E-state index >= 15 is 0 Å². The van der Waals surface area contributed by atoms with Crippen molar-refractivity contribution in [2.45, 2.75) is 18.4 Å². The Balaban J connectivity index is 1.52. The van der Waals surface area contributed by atoms with Gasteiger partial charge in [0.25, 0.3) is 0 Å². The molecule has 0 amide bonds. The molecule has 80 valence electrons. The summed E-state index contributed by atoms with van der Waals surface area (Å²) in [4.78, 5) is 2.52. The molecule has 1 aliphatic heterocycles. The number of fused-ring (bicyclic) bond motifs is 1. The fourth-order valence-electron chi connectivity index (χ4n) is 2.73. The van der Waals surface area contributed by atoms with Crippen LogP contribution in [0.4, 0.5) is 0 Å². The smallest absolute Gasteiger partial charge is 0.0328 e. The number of hydrogen-bond donors (Lipinski definition) is 1. The lowest BCUT2D eigenvalue weighted by atomic mass is 10.1. The van der Waals surface area contributed by atoms with Gasteiger partial charge in [-0.25, -0.2) is 0 Å². The molecule has 15 heavy (non-hydrogen) atoms. The van der Waals surface area contributed by atoms with Crippen LogP contribution in [0.15, 0.2) is 30.3 Å². The third kappa shape index (κ3) is 1.80. The van der Waals surface area contributed by atoms with Crippen molar-refractivity contribution in [2.24, 2.45) is 11.7 Å². The molecule has 1 aromatic rings. The summed E-state index contributed by atoms with van der Waals surface area (Å²) in [7, 11) is 0. The lowest BCUT2D eigenvalue weighted by molar-refractivity contribution is 0.302. The lowest BCUT2D eigenvalue weighted by Crippen LogP contribution is -2.34. The van der Waals surface area contributed by atoms with Crippen LogP contribution in [0.5, 0.6) is 0 Å². The van der Waals surface area contributed by atoms with E-state index < -0.39 is 0 Å². The highest BCUT2D eigenvalue weighted by molar-refractivity contribution is 5.17. The molecule has 1 aromatic carbocycles. The highest BCUT2D eigenvalue weighted by Gasteiger charge is 2.56. The first-order valence-electron chi connectivity index (χ1n) is 5.81. The molecule has 2 N–H and O–H groups in total. The molecule has 0 radical (unpaired) electrons. The molecule has 1 saturated heterocycles. The summed E-state index contributed by atoms with van der Waals surface area (Å²) in [5, 5.41) is 0. The fraction of sp³-hybridized carbons (Fsp3) is 0.538. The van der Waals surface area contributed by atoms with Gasteiger partial charge in [-0.05, 0) is 24.3 Å². The van der Waals surface area contributed by atoms with Gasteiger partial charge in [0.1, 0.15) is 0 Å². The van der Waals surface area contributed by atoms with Gasteiger partial charge >= 0.3 is 0 Å². The number of rotatable bonds is 3. The summed E-state index contributed by atoms with van der Waals surface area (Å²) in [6.45, 7) is 3.51. The van der Waals surface area contributed by atoms with Crippen molar-refractivity contribution < 1.29 is 0 Å². The molecule has 1 heterocycles. The Bertz CT molecular complexity index is 349. The van der Waals surface area contributed by atoms with Gasteiger partial charge in [-0.1, -0.05) is 30.3 Å². The zero-order chi connectivity index (χ0) is 10.3. The Kier molecular flexibility index (Phi) is 2.08. The van der Waals surface area contributed by atoms with Crippen LogP contribution in [0.3, 0.4) is 0 Å². The van der Waals surface area contributed by atoms with E-state index in [4.69, 9.17) is 5.73 Å². The van der Waals surface area contributed by atoms with E-state index in [1.54, 1.807) is 0 Å². The SMILES string of the molecule is N[C@@]12C[C@@H]1CN(CCc1ccccc1)C2. The summed E-state index contributed by atoms with van der Waals surface area (Å²) in [6, 6.07) is 10.7. The van der Waals surface area contributed by atoms with E-state index in [1.807, 2.05) is 0 Å². The molecule has 0 bridgehead atoms. The van der Waals surface area contributed by atoms with Gasteiger partial charge in [0.2, 0.25) is 0 Å². The maximum absolute atomic E-state index is 6.17. The molecule has 2 heteroatoms. The van der Waals surface area contributed by atoms with Gasteiger partial charge in [-0.2, -0.15) is 0 Å². The summed E-state index contributed by atoms with van der Waals surface area (Å²) < 4.78 is 0. The van der Waals surface area contributed by atoms with Crippen molar-refractivity contribution in [3.05, 3.63) is 35.9 Å². The van der Waals surface area contributed by atoms with E-state index in [1.165, 1.54) is 25.1 Å². The standard InChI is InChI=1S/C13H18N2/c14-13-8-12(13)9-15(10-13)7-6-11-4-2-1-3-5-11/h1-5,12H,6-10,14H2/t12-,13-/m1/s1. The van der Waals surface area contributed by atoms with Crippen LogP contribution in [0.1, 0.15) is 12.0 Å². The Labute approximate surface area is 91.1 Å².